The highest BCUT2D eigenvalue weighted by atomic mass is 31.2. The third kappa shape index (κ3) is 5.47. The Kier molecular flexibility index (Phi) is 7.59. The van der Waals surface area contributed by atoms with E-state index in [2.05, 4.69) is 29.9 Å². The molecular weight excluding hydrogens is 646 g/mol. The fraction of sp³-hybridized carbons (Fsp3) is 0.524. The molecule has 4 aromatic rings. The van der Waals surface area contributed by atoms with Crippen LogP contribution in [-0.2, 0) is 36.9 Å². The van der Waals surface area contributed by atoms with E-state index < -0.39 is 84.1 Å². The minimum Gasteiger partial charge on any atom is -0.387 e. The fourth-order valence-electron chi connectivity index (χ4n) is 5.35. The van der Waals surface area contributed by atoms with Crippen LogP contribution in [0.5, 0.6) is 0 Å². The first-order chi connectivity index (χ1) is 21.4. The summed E-state index contributed by atoms with van der Waals surface area (Å²) in [5.74, 6) is 0.108. The summed E-state index contributed by atoms with van der Waals surface area (Å²) in [4.78, 5) is 45.5. The number of phosphoric ester groups is 1. The molecule has 2 bridgehead atoms. The quantitative estimate of drug-likeness (QED) is 0.131. The number of aliphatic hydroxyl groups is 2. The van der Waals surface area contributed by atoms with E-state index >= 15 is 0 Å². The van der Waals surface area contributed by atoms with Crippen molar-refractivity contribution in [1.29, 1.82) is 0 Å². The van der Waals surface area contributed by atoms with E-state index in [9.17, 15) is 29.1 Å². The van der Waals surface area contributed by atoms with Crippen LogP contribution in [0, 0.1) is 0 Å². The number of rotatable bonds is 2. The summed E-state index contributed by atoms with van der Waals surface area (Å²) in [5, 5.41) is 22.2. The van der Waals surface area contributed by atoms with Gasteiger partial charge >= 0.3 is 15.4 Å². The predicted molar refractivity (Wildman–Crippen MR) is 145 cm³/mol. The van der Waals surface area contributed by atoms with Gasteiger partial charge in [0.2, 0.25) is 0 Å². The van der Waals surface area contributed by atoms with Gasteiger partial charge in [-0.15, -0.1) is 0 Å². The Morgan fingerprint density at radius 2 is 1.33 bits per heavy atom. The zero-order chi connectivity index (χ0) is 31.7. The van der Waals surface area contributed by atoms with E-state index in [0.717, 1.165) is 6.33 Å². The van der Waals surface area contributed by atoms with Gasteiger partial charge in [0.15, 0.2) is 35.4 Å². The zero-order valence-electron chi connectivity index (χ0n) is 22.7. The van der Waals surface area contributed by atoms with E-state index in [4.69, 9.17) is 39.2 Å². The van der Waals surface area contributed by atoms with Crippen LogP contribution in [0.2, 0.25) is 0 Å². The average molecular weight is 672 g/mol. The maximum Gasteiger partial charge on any atom is 0.472 e. The Morgan fingerprint density at radius 3 is 1.98 bits per heavy atom. The van der Waals surface area contributed by atoms with Gasteiger partial charge in [0.25, 0.3) is 0 Å². The van der Waals surface area contributed by atoms with E-state index in [1.54, 1.807) is 0 Å². The van der Waals surface area contributed by atoms with E-state index in [1.165, 1.54) is 28.1 Å². The highest BCUT2D eigenvalue weighted by Gasteiger charge is 2.52. The molecule has 7 heterocycles. The van der Waals surface area contributed by atoms with Gasteiger partial charge < -0.3 is 50.2 Å². The third-order valence-corrected chi connectivity index (χ3v) is 9.49. The topological polar surface area (TPSA) is 310 Å². The minimum absolute atomic E-state index is 0.0386. The number of hydrogen-bond acceptors (Lipinski definition) is 18. The summed E-state index contributed by atoms with van der Waals surface area (Å²) in [7, 11) is -9.58. The molecule has 24 heteroatoms. The molecule has 0 spiro atoms. The summed E-state index contributed by atoms with van der Waals surface area (Å²) >= 11 is 0. The van der Waals surface area contributed by atoms with Gasteiger partial charge in [-0.2, -0.15) is 0 Å². The third-order valence-electron chi connectivity index (χ3n) is 7.47. The molecule has 8 N–H and O–H groups in total. The standard InChI is InChI=1S/C21H26N10O12P2/c22-16-10-18(26-3-24-16)30(5-28-10)20-13(33)14-9(42-20)2-40-45(36,37)43-15-12(32)8(1-39-44(34,35)7-38-14)41-21(15)31-6-29-11-17(23)25-4-27-19(11)31/h3-6,8-9,12-15,20-21,32-33H,1-2,7H2,(H,34,35)(H,36,37)(H2,22,24,26)(H2,23,25,27)/t8-,9-,12?,13+,14?,15+,20-,21-/m1/s1. The Labute approximate surface area is 251 Å². The molecule has 10 atom stereocenters. The van der Waals surface area contributed by atoms with Crippen molar-refractivity contribution < 1.29 is 56.9 Å². The summed E-state index contributed by atoms with van der Waals surface area (Å²) in [6, 6.07) is 0. The number of imidazole rings is 2. The Balaban J connectivity index is 1.19. The first kappa shape index (κ1) is 30.4. The summed E-state index contributed by atoms with van der Waals surface area (Å²) in [6.45, 7) is -1.39. The van der Waals surface area contributed by atoms with E-state index in [0.29, 0.717) is 0 Å². The number of nitrogens with zero attached hydrogens (tertiary/aromatic N) is 8. The second kappa shape index (κ2) is 11.2. The SMILES string of the molecule is Nc1ncnc2c1ncn2[C@@H]1O[C@@H]2COP(=O)(O)O[C@H]3C(O)[C@@H](COP(=O)(O)COC2[C@@H]1O)O[C@H]3n1cnc2c(N)ncnc21. The lowest BCUT2D eigenvalue weighted by molar-refractivity contribution is -0.0633. The van der Waals surface area contributed by atoms with Gasteiger partial charge in [-0.25, -0.2) is 34.5 Å². The number of nitrogens with two attached hydrogens (primary N) is 2. The number of hydrogen-bond donors (Lipinski definition) is 6. The monoisotopic (exact) mass is 672 g/mol. The molecule has 3 fully saturated rings. The molecule has 3 saturated heterocycles. The first-order valence-electron chi connectivity index (χ1n) is 13.2. The van der Waals surface area contributed by atoms with Crippen molar-refractivity contribution in [3.8, 4) is 0 Å². The number of fused-ring (bicyclic) bond motifs is 5. The molecule has 242 valence electrons. The highest BCUT2D eigenvalue weighted by Crippen LogP contribution is 2.52. The molecular formula is C21H26N10O12P2. The van der Waals surface area contributed by atoms with Crippen molar-refractivity contribution in [2.24, 2.45) is 0 Å². The van der Waals surface area contributed by atoms with Crippen LogP contribution in [0.1, 0.15) is 12.5 Å². The van der Waals surface area contributed by atoms with Crippen LogP contribution < -0.4 is 11.5 Å². The van der Waals surface area contributed by atoms with Gasteiger partial charge in [0, 0.05) is 0 Å². The number of aliphatic hydroxyl groups excluding tert-OH is 2. The van der Waals surface area contributed by atoms with Crippen molar-refractivity contribution in [2.45, 2.75) is 49.1 Å². The molecule has 45 heavy (non-hydrogen) atoms. The van der Waals surface area contributed by atoms with Crippen molar-refractivity contribution in [3.05, 3.63) is 25.3 Å². The van der Waals surface area contributed by atoms with Gasteiger partial charge in [-0.05, 0) is 0 Å². The molecule has 0 aromatic carbocycles. The Morgan fingerprint density at radius 1 is 0.756 bits per heavy atom. The van der Waals surface area contributed by atoms with Crippen LogP contribution in [-0.4, -0.2) is 115 Å². The molecule has 3 aliphatic heterocycles. The summed E-state index contributed by atoms with van der Waals surface area (Å²) < 4.78 is 62.0. The fourth-order valence-corrected chi connectivity index (χ4v) is 7.10. The Bertz CT molecular complexity index is 1840. The van der Waals surface area contributed by atoms with Gasteiger partial charge in [-0.3, -0.25) is 22.7 Å². The molecule has 3 aliphatic rings. The first-order valence-corrected chi connectivity index (χ1v) is 16.4. The van der Waals surface area contributed by atoms with Crippen LogP contribution >= 0.6 is 15.4 Å². The zero-order valence-corrected chi connectivity index (χ0v) is 24.5. The van der Waals surface area contributed by atoms with Crippen LogP contribution in [0.15, 0.2) is 25.3 Å². The molecule has 0 saturated carbocycles. The number of nitrogen functional groups attached to an aromatic ring is 2. The maximum absolute atomic E-state index is 13.2. The molecule has 7 rings (SSSR count). The number of phosphoric acid groups is 1. The van der Waals surface area contributed by atoms with Crippen molar-refractivity contribution in [2.75, 3.05) is 31.0 Å². The van der Waals surface area contributed by atoms with Crippen LogP contribution in [0.3, 0.4) is 0 Å². The summed E-state index contributed by atoms with van der Waals surface area (Å²) in [6.07, 6.45) is -7.55. The van der Waals surface area contributed by atoms with Crippen molar-refractivity contribution in [1.82, 2.24) is 39.0 Å². The average Bonchev–Trinajstić information content (AvgIpc) is 3.75. The Hall–Kier alpha value is -3.24. The smallest absolute Gasteiger partial charge is 0.387 e. The van der Waals surface area contributed by atoms with Gasteiger partial charge in [0.05, 0.1) is 25.9 Å². The molecule has 4 unspecified atom stereocenters. The lowest BCUT2D eigenvalue weighted by atomic mass is 10.1. The van der Waals surface area contributed by atoms with Crippen LogP contribution in [0.25, 0.3) is 22.3 Å². The second-order valence-electron chi connectivity index (χ2n) is 10.3. The van der Waals surface area contributed by atoms with Gasteiger partial charge in [-0.1, -0.05) is 0 Å². The normalized spacial score (nSPS) is 38.0. The van der Waals surface area contributed by atoms with Gasteiger partial charge in [0.1, 0.15) is 66.7 Å². The predicted octanol–water partition coefficient (Wildman–Crippen LogP) is -1.59. The van der Waals surface area contributed by atoms with Crippen LogP contribution in [0.4, 0.5) is 11.6 Å². The lowest BCUT2D eigenvalue weighted by Gasteiger charge is -2.26. The number of anilines is 2. The lowest BCUT2D eigenvalue weighted by Crippen LogP contribution is -2.38. The second-order valence-corrected chi connectivity index (χ2v) is 13.5. The maximum atomic E-state index is 13.2. The largest absolute Gasteiger partial charge is 0.472 e. The summed E-state index contributed by atoms with van der Waals surface area (Å²) in [5.41, 5.74) is 12.5. The minimum atomic E-state index is -5.03. The van der Waals surface area contributed by atoms with E-state index in [-0.39, 0.29) is 34.0 Å². The molecule has 4 aromatic heterocycles. The molecule has 0 radical (unpaired) electrons. The number of ether oxygens (including phenoxy) is 3. The highest BCUT2D eigenvalue weighted by molar-refractivity contribution is 7.52. The van der Waals surface area contributed by atoms with Crippen molar-refractivity contribution in [3.63, 3.8) is 0 Å². The molecule has 22 nitrogen and oxygen atoms in total. The van der Waals surface area contributed by atoms with Crippen molar-refractivity contribution >= 4 is 49.4 Å². The molecule has 0 aliphatic carbocycles. The van der Waals surface area contributed by atoms with E-state index in [1.807, 2.05) is 0 Å². The number of aromatic nitrogens is 8. The molecule has 0 amide bonds.